The molecule has 2 rings (SSSR count). The van der Waals surface area contributed by atoms with Crippen LogP contribution in [0.15, 0.2) is 30.3 Å². The normalized spacial score (nSPS) is 11.2. The molecule has 6 nitrogen and oxygen atoms in total. The van der Waals surface area contributed by atoms with Crippen molar-refractivity contribution in [3.05, 3.63) is 67.4 Å². The van der Waals surface area contributed by atoms with Crippen LogP contribution in [-0.4, -0.2) is 24.0 Å². The number of hydrogen-bond acceptors (Lipinski definition) is 4. The number of amides is 1. The highest BCUT2D eigenvalue weighted by Gasteiger charge is 2.32. The number of nitrogens with zero attached hydrogens (tertiary/aromatic N) is 1. The van der Waals surface area contributed by atoms with E-state index in [4.69, 9.17) is 27.9 Å². The van der Waals surface area contributed by atoms with E-state index < -0.39 is 39.6 Å². The quantitative estimate of drug-likeness (QED) is 0.267. The number of carbonyl (C=O) groups is 1. The topological polar surface area (TPSA) is 81.5 Å². The number of rotatable bonds is 7. The fourth-order valence-electron chi connectivity index (χ4n) is 2.21. The van der Waals surface area contributed by atoms with Crippen LogP contribution >= 0.6 is 23.2 Å². The molecule has 0 radical (unpaired) electrons. The summed E-state index contributed by atoms with van der Waals surface area (Å²) in [6.45, 7) is -0.0701. The van der Waals surface area contributed by atoms with Crippen molar-refractivity contribution in [2.75, 3.05) is 13.2 Å². The molecule has 2 aromatic carbocycles. The summed E-state index contributed by atoms with van der Waals surface area (Å²) in [7, 11) is 0. The van der Waals surface area contributed by atoms with E-state index in [1.54, 1.807) is 0 Å². The van der Waals surface area contributed by atoms with Gasteiger partial charge in [-0.25, -0.2) is 4.39 Å². The maximum Gasteiger partial charge on any atom is 0.416 e. The number of nitrogens with one attached hydrogen (secondary N) is 1. The van der Waals surface area contributed by atoms with Crippen molar-refractivity contribution >= 4 is 34.8 Å². The Bertz CT molecular complexity index is 915. The fraction of sp³-hybridized carbons (Fsp3) is 0.235. The third kappa shape index (κ3) is 5.94. The minimum Gasteiger partial charge on any atom is -0.490 e. The number of carbonyl (C=O) groups excluding carboxylic acids is 1. The minimum atomic E-state index is -4.61. The van der Waals surface area contributed by atoms with Crippen LogP contribution < -0.4 is 10.1 Å². The van der Waals surface area contributed by atoms with Gasteiger partial charge in [-0.3, -0.25) is 14.9 Å². The van der Waals surface area contributed by atoms with Gasteiger partial charge in [-0.1, -0.05) is 23.2 Å². The smallest absolute Gasteiger partial charge is 0.416 e. The van der Waals surface area contributed by atoms with Gasteiger partial charge in [-0.15, -0.1) is 0 Å². The van der Waals surface area contributed by atoms with Crippen LogP contribution in [0.3, 0.4) is 0 Å². The second-order valence-electron chi connectivity index (χ2n) is 5.65. The number of non-ortho nitro benzene ring substituents is 1. The first kappa shape index (κ1) is 22.7. The van der Waals surface area contributed by atoms with E-state index in [9.17, 15) is 32.5 Å². The summed E-state index contributed by atoms with van der Waals surface area (Å²) in [4.78, 5) is 21.9. The second-order valence-corrected chi connectivity index (χ2v) is 6.46. The molecule has 0 saturated heterocycles. The van der Waals surface area contributed by atoms with Gasteiger partial charge >= 0.3 is 6.18 Å². The van der Waals surface area contributed by atoms with E-state index >= 15 is 0 Å². The van der Waals surface area contributed by atoms with E-state index in [-0.39, 0.29) is 35.4 Å². The zero-order chi connectivity index (χ0) is 21.8. The van der Waals surface area contributed by atoms with Crippen LogP contribution in [0.1, 0.15) is 22.3 Å². The minimum absolute atomic E-state index is 0.00314. The van der Waals surface area contributed by atoms with Crippen LogP contribution in [0.25, 0.3) is 0 Å². The molecule has 1 amide bonds. The standard InChI is InChI=1S/C17H12Cl2F4N2O4/c18-12-6-9(17(21,22)23)7-13(19)15(12)29-5-1-4-24-16(26)11-8-10(25(27)28)2-3-14(11)20/h2-3,6-8H,1,4-5H2,(H,24,26). The van der Waals surface area contributed by atoms with Crippen molar-refractivity contribution in [3.63, 3.8) is 0 Å². The lowest BCUT2D eigenvalue weighted by Gasteiger charge is -2.13. The average Bonchev–Trinajstić information content (AvgIpc) is 2.62. The van der Waals surface area contributed by atoms with Gasteiger partial charge in [0, 0.05) is 18.7 Å². The number of hydrogen-bond donors (Lipinski definition) is 1. The van der Waals surface area contributed by atoms with Gasteiger partial charge in [0.05, 0.1) is 32.7 Å². The Labute approximate surface area is 171 Å². The summed E-state index contributed by atoms with van der Waals surface area (Å²) >= 11 is 11.5. The first-order valence-electron chi connectivity index (χ1n) is 7.92. The van der Waals surface area contributed by atoms with Gasteiger partial charge in [0.2, 0.25) is 0 Å². The molecule has 29 heavy (non-hydrogen) atoms. The molecule has 0 unspecified atom stereocenters. The van der Waals surface area contributed by atoms with Crippen LogP contribution in [0.5, 0.6) is 5.75 Å². The maximum absolute atomic E-state index is 13.7. The van der Waals surface area contributed by atoms with E-state index in [2.05, 4.69) is 5.32 Å². The lowest BCUT2D eigenvalue weighted by Crippen LogP contribution is -2.26. The molecule has 0 heterocycles. The highest BCUT2D eigenvalue weighted by Crippen LogP contribution is 2.39. The monoisotopic (exact) mass is 454 g/mol. The molecule has 0 aliphatic heterocycles. The van der Waals surface area contributed by atoms with E-state index in [0.717, 1.165) is 18.2 Å². The molecule has 0 fully saturated rings. The van der Waals surface area contributed by atoms with E-state index in [1.807, 2.05) is 0 Å². The van der Waals surface area contributed by atoms with Gasteiger partial charge in [-0.2, -0.15) is 13.2 Å². The molecule has 0 aliphatic carbocycles. The average molecular weight is 455 g/mol. The van der Waals surface area contributed by atoms with E-state index in [1.165, 1.54) is 0 Å². The summed E-state index contributed by atoms with van der Waals surface area (Å²) < 4.78 is 57.0. The first-order chi connectivity index (χ1) is 13.5. The number of nitro benzene ring substituents is 1. The molecule has 0 aromatic heterocycles. The Hall–Kier alpha value is -2.59. The molecule has 156 valence electrons. The molecule has 0 spiro atoms. The predicted molar refractivity (Wildman–Crippen MR) is 97.0 cm³/mol. The number of benzene rings is 2. The van der Waals surface area contributed by atoms with Gasteiger partial charge < -0.3 is 10.1 Å². The Morgan fingerprint density at radius 3 is 2.34 bits per heavy atom. The fourth-order valence-corrected chi connectivity index (χ4v) is 2.80. The van der Waals surface area contributed by atoms with Crippen molar-refractivity contribution in [3.8, 4) is 5.75 Å². The molecule has 12 heteroatoms. The van der Waals surface area contributed by atoms with Crippen molar-refractivity contribution in [2.45, 2.75) is 12.6 Å². The largest absolute Gasteiger partial charge is 0.490 e. The Morgan fingerprint density at radius 2 is 1.79 bits per heavy atom. The van der Waals surface area contributed by atoms with E-state index in [0.29, 0.717) is 12.1 Å². The van der Waals surface area contributed by atoms with Gasteiger partial charge in [0.25, 0.3) is 11.6 Å². The van der Waals surface area contributed by atoms with Gasteiger partial charge in [-0.05, 0) is 24.6 Å². The van der Waals surface area contributed by atoms with Crippen LogP contribution in [0.4, 0.5) is 23.2 Å². The molecule has 0 atom stereocenters. The SMILES string of the molecule is O=C(NCCCOc1c(Cl)cc(C(F)(F)F)cc1Cl)c1cc([N+](=O)[O-])ccc1F. The van der Waals surface area contributed by atoms with Crippen LogP contribution in [0, 0.1) is 15.9 Å². The highest BCUT2D eigenvalue weighted by atomic mass is 35.5. The summed E-state index contributed by atoms with van der Waals surface area (Å²) in [5, 5.41) is 12.4. The van der Waals surface area contributed by atoms with Gasteiger partial charge in [0.15, 0.2) is 5.75 Å². The summed E-state index contributed by atoms with van der Waals surface area (Å²) in [6, 6.07) is 3.90. The number of halogens is 6. The lowest BCUT2D eigenvalue weighted by atomic mass is 10.1. The van der Waals surface area contributed by atoms with Crippen molar-refractivity contribution < 1.29 is 32.0 Å². The molecule has 1 N–H and O–H groups in total. The summed E-state index contributed by atoms with van der Waals surface area (Å²) in [5.74, 6) is -1.93. The third-order valence-electron chi connectivity index (χ3n) is 3.58. The second kappa shape index (κ2) is 9.27. The maximum atomic E-state index is 13.7. The number of ether oxygens (including phenoxy) is 1. The number of alkyl halides is 3. The molecule has 0 saturated carbocycles. The molecular formula is C17H12Cl2F4N2O4. The predicted octanol–water partition coefficient (Wildman–Crippen LogP) is 5.26. The summed E-state index contributed by atoms with van der Waals surface area (Å²) in [5.41, 5.74) is -1.95. The van der Waals surface area contributed by atoms with Crippen LogP contribution in [-0.2, 0) is 6.18 Å². The number of nitro groups is 1. The highest BCUT2D eigenvalue weighted by molar-refractivity contribution is 6.37. The molecule has 2 aromatic rings. The molecule has 0 bridgehead atoms. The van der Waals surface area contributed by atoms with Crippen molar-refractivity contribution in [1.82, 2.24) is 5.32 Å². The Morgan fingerprint density at radius 1 is 1.17 bits per heavy atom. The molecular weight excluding hydrogens is 443 g/mol. The lowest BCUT2D eigenvalue weighted by molar-refractivity contribution is -0.384. The summed E-state index contributed by atoms with van der Waals surface area (Å²) in [6.07, 6.45) is -4.44. The Balaban J connectivity index is 1.90. The molecule has 0 aliphatic rings. The Kier molecular flexibility index (Phi) is 7.26. The van der Waals surface area contributed by atoms with Gasteiger partial charge in [0.1, 0.15) is 5.82 Å². The van der Waals surface area contributed by atoms with Crippen molar-refractivity contribution in [1.29, 1.82) is 0 Å². The first-order valence-corrected chi connectivity index (χ1v) is 8.67. The van der Waals surface area contributed by atoms with Crippen LogP contribution in [0.2, 0.25) is 10.0 Å². The van der Waals surface area contributed by atoms with Crippen molar-refractivity contribution in [2.24, 2.45) is 0 Å². The zero-order valence-corrected chi connectivity index (χ0v) is 15.9. The zero-order valence-electron chi connectivity index (χ0n) is 14.4. The third-order valence-corrected chi connectivity index (χ3v) is 4.15.